The van der Waals surface area contributed by atoms with E-state index in [1.807, 2.05) is 25.1 Å². The second kappa shape index (κ2) is 5.85. The SMILES string of the molecule is Cc1ccccc1NC(=O)CN1C(=O)C(=O)c2cc(Cl)ccc21. The fourth-order valence-electron chi connectivity index (χ4n) is 2.48. The van der Waals surface area contributed by atoms with Crippen LogP contribution in [0.4, 0.5) is 11.4 Å². The van der Waals surface area contributed by atoms with Crippen molar-refractivity contribution in [3.05, 3.63) is 58.6 Å². The summed E-state index contributed by atoms with van der Waals surface area (Å²) < 4.78 is 0. The van der Waals surface area contributed by atoms with Gasteiger partial charge in [-0.2, -0.15) is 0 Å². The Hall–Kier alpha value is -2.66. The maximum Gasteiger partial charge on any atom is 0.299 e. The van der Waals surface area contributed by atoms with Gasteiger partial charge in [0, 0.05) is 10.7 Å². The monoisotopic (exact) mass is 328 g/mol. The van der Waals surface area contributed by atoms with Gasteiger partial charge in [0.2, 0.25) is 5.91 Å². The van der Waals surface area contributed by atoms with Gasteiger partial charge >= 0.3 is 0 Å². The van der Waals surface area contributed by atoms with E-state index in [0.717, 1.165) is 5.56 Å². The van der Waals surface area contributed by atoms with Crippen LogP contribution in [0.1, 0.15) is 15.9 Å². The maximum absolute atomic E-state index is 12.2. The van der Waals surface area contributed by atoms with E-state index in [1.54, 1.807) is 18.2 Å². The molecule has 0 saturated carbocycles. The van der Waals surface area contributed by atoms with Crippen LogP contribution in [0.2, 0.25) is 5.02 Å². The Balaban J connectivity index is 1.81. The summed E-state index contributed by atoms with van der Waals surface area (Å²) >= 11 is 5.85. The van der Waals surface area contributed by atoms with Gasteiger partial charge in [-0.05, 0) is 36.8 Å². The van der Waals surface area contributed by atoms with Gasteiger partial charge in [0.25, 0.3) is 11.7 Å². The van der Waals surface area contributed by atoms with Gasteiger partial charge in [0.05, 0.1) is 11.3 Å². The van der Waals surface area contributed by atoms with Gasteiger partial charge in [-0.1, -0.05) is 29.8 Å². The highest BCUT2D eigenvalue weighted by molar-refractivity contribution is 6.53. The number of benzene rings is 2. The Kier molecular flexibility index (Phi) is 3.88. The Morgan fingerprint density at radius 2 is 1.91 bits per heavy atom. The predicted octanol–water partition coefficient (Wildman–Crippen LogP) is 2.82. The van der Waals surface area contributed by atoms with Crippen LogP contribution in [-0.2, 0) is 9.59 Å². The summed E-state index contributed by atoms with van der Waals surface area (Å²) in [5.74, 6) is -1.74. The third-order valence-corrected chi connectivity index (χ3v) is 3.89. The van der Waals surface area contributed by atoms with E-state index < -0.39 is 11.7 Å². The van der Waals surface area contributed by atoms with E-state index in [0.29, 0.717) is 16.4 Å². The summed E-state index contributed by atoms with van der Waals surface area (Å²) in [5, 5.41) is 3.12. The molecule has 0 radical (unpaired) electrons. The molecule has 0 saturated heterocycles. The molecule has 3 rings (SSSR count). The molecule has 2 aromatic rings. The molecule has 6 heteroatoms. The van der Waals surface area contributed by atoms with Crippen molar-refractivity contribution >= 4 is 40.6 Å². The highest BCUT2D eigenvalue weighted by Crippen LogP contribution is 2.31. The van der Waals surface area contributed by atoms with Gasteiger partial charge in [-0.3, -0.25) is 19.3 Å². The standard InChI is InChI=1S/C17H13ClN2O3/c1-10-4-2-3-5-13(10)19-15(21)9-20-14-7-6-11(18)8-12(14)16(22)17(20)23/h2-8H,9H2,1H3,(H,19,21). The van der Waals surface area contributed by atoms with E-state index in [-0.39, 0.29) is 18.0 Å². The third-order valence-electron chi connectivity index (χ3n) is 3.65. The number of nitrogens with zero attached hydrogens (tertiary/aromatic N) is 1. The number of fused-ring (bicyclic) bond motifs is 1. The van der Waals surface area contributed by atoms with E-state index in [2.05, 4.69) is 5.32 Å². The van der Waals surface area contributed by atoms with Gasteiger partial charge in [-0.15, -0.1) is 0 Å². The molecule has 116 valence electrons. The number of hydrogen-bond donors (Lipinski definition) is 1. The second-order valence-corrected chi connectivity index (χ2v) is 5.68. The predicted molar refractivity (Wildman–Crippen MR) is 87.9 cm³/mol. The smallest absolute Gasteiger partial charge is 0.299 e. The van der Waals surface area contributed by atoms with Crippen LogP contribution < -0.4 is 10.2 Å². The lowest BCUT2D eigenvalue weighted by Crippen LogP contribution is -2.37. The minimum Gasteiger partial charge on any atom is -0.324 e. The Labute approximate surface area is 137 Å². The first-order chi connectivity index (χ1) is 11.0. The van der Waals surface area contributed by atoms with Gasteiger partial charge in [0.15, 0.2) is 0 Å². The number of halogens is 1. The zero-order valence-corrected chi connectivity index (χ0v) is 13.1. The van der Waals surface area contributed by atoms with Gasteiger partial charge in [-0.25, -0.2) is 0 Å². The van der Waals surface area contributed by atoms with E-state index in [4.69, 9.17) is 11.6 Å². The van der Waals surface area contributed by atoms with Crippen LogP contribution in [0.25, 0.3) is 0 Å². The fourth-order valence-corrected chi connectivity index (χ4v) is 2.65. The van der Waals surface area contributed by atoms with E-state index in [9.17, 15) is 14.4 Å². The first-order valence-corrected chi connectivity index (χ1v) is 7.36. The average molecular weight is 329 g/mol. The average Bonchev–Trinajstić information content (AvgIpc) is 2.74. The lowest BCUT2D eigenvalue weighted by molar-refractivity contribution is -0.118. The van der Waals surface area contributed by atoms with Crippen molar-refractivity contribution < 1.29 is 14.4 Å². The minimum absolute atomic E-state index is 0.228. The van der Waals surface area contributed by atoms with E-state index >= 15 is 0 Å². The number of carbonyl (C=O) groups is 3. The highest BCUT2D eigenvalue weighted by atomic mass is 35.5. The Morgan fingerprint density at radius 1 is 1.17 bits per heavy atom. The number of aryl methyl sites for hydroxylation is 1. The molecule has 0 aromatic heterocycles. The Bertz CT molecular complexity index is 832. The highest BCUT2D eigenvalue weighted by Gasteiger charge is 2.36. The van der Waals surface area contributed by atoms with Crippen molar-refractivity contribution in [1.29, 1.82) is 0 Å². The second-order valence-electron chi connectivity index (χ2n) is 5.24. The zero-order valence-electron chi connectivity index (χ0n) is 12.3. The lowest BCUT2D eigenvalue weighted by atomic mass is 10.1. The van der Waals surface area contributed by atoms with Crippen LogP contribution in [0.5, 0.6) is 0 Å². The summed E-state index contributed by atoms with van der Waals surface area (Å²) in [5.41, 5.74) is 2.22. The fraction of sp³-hybridized carbons (Fsp3) is 0.118. The summed E-state index contributed by atoms with van der Waals surface area (Å²) in [6.45, 7) is 1.64. The minimum atomic E-state index is -0.720. The molecule has 2 amide bonds. The quantitative estimate of drug-likeness (QED) is 0.881. The molecule has 0 spiro atoms. The summed E-state index contributed by atoms with van der Waals surface area (Å²) in [7, 11) is 0. The summed E-state index contributed by atoms with van der Waals surface area (Å²) in [6.07, 6.45) is 0. The van der Waals surface area contributed by atoms with Crippen LogP contribution in [0.15, 0.2) is 42.5 Å². The van der Waals surface area contributed by atoms with Crippen molar-refractivity contribution in [2.75, 3.05) is 16.8 Å². The zero-order chi connectivity index (χ0) is 16.6. The molecule has 1 N–H and O–H groups in total. The largest absolute Gasteiger partial charge is 0.324 e. The van der Waals surface area contributed by atoms with Crippen LogP contribution in [0.3, 0.4) is 0 Å². The molecule has 1 heterocycles. The number of nitrogens with one attached hydrogen (secondary N) is 1. The first-order valence-electron chi connectivity index (χ1n) is 6.98. The molecule has 2 aromatic carbocycles. The van der Waals surface area contributed by atoms with Crippen LogP contribution in [-0.4, -0.2) is 24.1 Å². The molecule has 23 heavy (non-hydrogen) atoms. The normalized spacial score (nSPS) is 13.2. The molecule has 1 aliphatic rings. The first kappa shape index (κ1) is 15.2. The van der Waals surface area contributed by atoms with Crippen molar-refractivity contribution in [2.24, 2.45) is 0 Å². The Morgan fingerprint density at radius 3 is 2.65 bits per heavy atom. The lowest BCUT2D eigenvalue weighted by Gasteiger charge is -2.16. The topological polar surface area (TPSA) is 66.5 Å². The van der Waals surface area contributed by atoms with Crippen LogP contribution in [0, 0.1) is 6.92 Å². The molecule has 0 atom stereocenters. The number of anilines is 2. The summed E-state index contributed by atoms with van der Waals surface area (Å²) in [6, 6.07) is 11.9. The summed E-state index contributed by atoms with van der Waals surface area (Å²) in [4.78, 5) is 37.4. The third kappa shape index (κ3) is 2.83. The number of carbonyl (C=O) groups excluding carboxylic acids is 3. The van der Waals surface area contributed by atoms with Crippen molar-refractivity contribution in [3.63, 3.8) is 0 Å². The molecule has 0 bridgehead atoms. The maximum atomic E-state index is 12.2. The number of para-hydroxylation sites is 1. The number of ketones is 1. The van der Waals surface area contributed by atoms with Crippen molar-refractivity contribution in [1.82, 2.24) is 0 Å². The molecular weight excluding hydrogens is 316 g/mol. The van der Waals surface area contributed by atoms with Crippen molar-refractivity contribution in [2.45, 2.75) is 6.92 Å². The number of hydrogen-bond acceptors (Lipinski definition) is 3. The molecule has 0 fully saturated rings. The molecule has 0 unspecified atom stereocenters. The van der Waals surface area contributed by atoms with Gasteiger partial charge < -0.3 is 5.32 Å². The van der Waals surface area contributed by atoms with Crippen molar-refractivity contribution in [3.8, 4) is 0 Å². The molecule has 0 aliphatic carbocycles. The molecular formula is C17H13ClN2O3. The molecule has 5 nitrogen and oxygen atoms in total. The van der Waals surface area contributed by atoms with Crippen LogP contribution >= 0.6 is 11.6 Å². The van der Waals surface area contributed by atoms with Gasteiger partial charge in [0.1, 0.15) is 6.54 Å². The van der Waals surface area contributed by atoms with E-state index in [1.165, 1.54) is 11.0 Å². The molecule has 1 aliphatic heterocycles. The number of rotatable bonds is 3. The number of Topliss-reactive ketones (excluding diaryl/α,β-unsaturated/α-hetero) is 1. The number of amides is 2.